The number of aromatic carboxylic acids is 1. The van der Waals surface area contributed by atoms with E-state index in [1.165, 1.54) is 29.1 Å². The second-order valence-electron chi connectivity index (χ2n) is 9.71. The monoisotopic (exact) mass is 534 g/mol. The summed E-state index contributed by atoms with van der Waals surface area (Å²) in [5, 5.41) is 12.6. The van der Waals surface area contributed by atoms with Crippen LogP contribution >= 0.6 is 22.9 Å². The first kappa shape index (κ1) is 24.9. The first-order chi connectivity index (χ1) is 17.6. The molecule has 0 radical (unpaired) electrons. The number of thiazole rings is 1. The summed E-state index contributed by atoms with van der Waals surface area (Å²) in [4.78, 5) is 44.0. The fourth-order valence-corrected chi connectivity index (χ4v) is 5.72. The Balaban J connectivity index is 1.78. The van der Waals surface area contributed by atoms with E-state index < -0.39 is 11.5 Å². The van der Waals surface area contributed by atoms with Gasteiger partial charge in [0.25, 0.3) is 5.56 Å². The SMILES string of the molecule is COc1c(C(=O)O)cccc1-n1c2c(cc(-c3nc(-c4ccc(Cl)cc4)cs3)c1=O)C(=O)CC(C)(C)C2. The number of methoxy groups -OCH3 is 1. The van der Waals surface area contributed by atoms with Crippen LogP contribution in [0, 0.1) is 5.41 Å². The Morgan fingerprint density at radius 2 is 1.84 bits per heavy atom. The standard InChI is InChI=1S/C28H23ClN2O5S/c1-28(2)12-22-18(23(32)13-28)11-19(25-30-20(14-37-25)15-7-9-16(29)10-8-15)26(33)31(22)21-6-4-5-17(27(34)35)24(21)36-3/h4-11,14H,12-13H2,1-3H3,(H,34,35). The van der Waals surface area contributed by atoms with Gasteiger partial charge in [0.05, 0.1) is 24.1 Å². The van der Waals surface area contributed by atoms with Gasteiger partial charge in [0, 0.05) is 33.6 Å². The molecule has 0 amide bonds. The normalized spacial score (nSPS) is 14.3. The number of benzene rings is 2. The number of nitrogens with zero attached hydrogens (tertiary/aromatic N) is 2. The molecule has 0 spiro atoms. The molecule has 0 fully saturated rings. The minimum atomic E-state index is -1.18. The van der Waals surface area contributed by atoms with Gasteiger partial charge in [-0.3, -0.25) is 14.2 Å². The van der Waals surface area contributed by atoms with Crippen molar-refractivity contribution in [3.8, 4) is 33.3 Å². The predicted octanol–water partition coefficient (Wildman–Crippen LogP) is 6.14. The molecule has 0 bridgehead atoms. The minimum absolute atomic E-state index is 0.0493. The fraction of sp³-hybridized carbons (Fsp3) is 0.214. The van der Waals surface area contributed by atoms with Crippen LogP contribution in [-0.4, -0.2) is 33.5 Å². The maximum absolute atomic E-state index is 14.1. The zero-order valence-electron chi connectivity index (χ0n) is 20.4. The number of fused-ring (bicyclic) bond motifs is 1. The number of ether oxygens (including phenoxy) is 1. The van der Waals surface area contributed by atoms with Gasteiger partial charge in [-0.25, -0.2) is 9.78 Å². The van der Waals surface area contributed by atoms with E-state index in [0.717, 1.165) is 5.56 Å². The second-order valence-corrected chi connectivity index (χ2v) is 11.0. The molecule has 2 heterocycles. The average molecular weight is 535 g/mol. The molecule has 0 saturated carbocycles. The number of halogens is 1. The quantitative estimate of drug-likeness (QED) is 0.330. The number of hydrogen-bond donors (Lipinski definition) is 1. The lowest BCUT2D eigenvalue weighted by molar-refractivity contribution is 0.0692. The van der Waals surface area contributed by atoms with E-state index >= 15 is 0 Å². The minimum Gasteiger partial charge on any atom is -0.494 e. The van der Waals surface area contributed by atoms with Gasteiger partial charge in [-0.15, -0.1) is 11.3 Å². The highest BCUT2D eigenvalue weighted by Gasteiger charge is 2.35. The molecule has 2 aromatic heterocycles. The van der Waals surface area contributed by atoms with E-state index in [0.29, 0.717) is 39.8 Å². The lowest BCUT2D eigenvalue weighted by atomic mass is 9.75. The van der Waals surface area contributed by atoms with Gasteiger partial charge in [0.2, 0.25) is 0 Å². The summed E-state index contributed by atoms with van der Waals surface area (Å²) in [5.74, 6) is -1.21. The zero-order valence-corrected chi connectivity index (χ0v) is 21.9. The number of para-hydroxylation sites is 1. The Kier molecular flexibility index (Phi) is 6.25. The second kappa shape index (κ2) is 9.28. The molecule has 0 saturated heterocycles. The van der Waals surface area contributed by atoms with Crippen LogP contribution < -0.4 is 10.3 Å². The molecule has 9 heteroatoms. The highest BCUT2D eigenvalue weighted by Crippen LogP contribution is 2.39. The van der Waals surface area contributed by atoms with Crippen molar-refractivity contribution in [1.82, 2.24) is 9.55 Å². The van der Waals surface area contributed by atoms with Crippen molar-refractivity contribution in [2.24, 2.45) is 5.41 Å². The van der Waals surface area contributed by atoms with Crippen molar-refractivity contribution in [2.75, 3.05) is 7.11 Å². The fourth-order valence-electron chi connectivity index (χ4n) is 4.76. The van der Waals surface area contributed by atoms with Crippen molar-refractivity contribution in [2.45, 2.75) is 26.7 Å². The molecule has 1 aliphatic rings. The van der Waals surface area contributed by atoms with E-state index in [4.69, 9.17) is 21.3 Å². The highest BCUT2D eigenvalue weighted by atomic mass is 35.5. The number of carboxylic acids is 1. The lowest BCUT2D eigenvalue weighted by Gasteiger charge is -2.32. The molecule has 2 aromatic carbocycles. The van der Waals surface area contributed by atoms with Gasteiger partial charge >= 0.3 is 5.97 Å². The van der Waals surface area contributed by atoms with Gasteiger partial charge in [-0.05, 0) is 42.2 Å². The average Bonchev–Trinajstić information content (AvgIpc) is 3.33. The van der Waals surface area contributed by atoms with Crippen LogP contribution in [0.3, 0.4) is 0 Å². The van der Waals surface area contributed by atoms with Gasteiger partial charge in [0.15, 0.2) is 11.5 Å². The van der Waals surface area contributed by atoms with Crippen molar-refractivity contribution in [3.05, 3.63) is 86.1 Å². The van der Waals surface area contributed by atoms with Gasteiger partial charge < -0.3 is 9.84 Å². The third kappa shape index (κ3) is 4.47. The number of ketones is 1. The Hall–Kier alpha value is -3.75. The van der Waals surface area contributed by atoms with Gasteiger partial charge in [-0.2, -0.15) is 0 Å². The smallest absolute Gasteiger partial charge is 0.339 e. The van der Waals surface area contributed by atoms with Crippen LogP contribution in [0.4, 0.5) is 0 Å². The van der Waals surface area contributed by atoms with Crippen molar-refractivity contribution in [1.29, 1.82) is 0 Å². The third-order valence-corrected chi connectivity index (χ3v) is 7.56. The number of carbonyl (C=O) groups is 2. The summed E-state index contributed by atoms with van der Waals surface area (Å²) in [6, 6.07) is 13.5. The van der Waals surface area contributed by atoms with Crippen LogP contribution in [0.15, 0.2) is 58.7 Å². The van der Waals surface area contributed by atoms with E-state index in [2.05, 4.69) is 0 Å². The molecule has 5 rings (SSSR count). The van der Waals surface area contributed by atoms with Gasteiger partial charge in [0.1, 0.15) is 10.6 Å². The summed E-state index contributed by atoms with van der Waals surface area (Å²) in [5.41, 5.74) is 2.17. The van der Waals surface area contributed by atoms with Crippen molar-refractivity contribution >= 4 is 34.7 Å². The van der Waals surface area contributed by atoms with Crippen LogP contribution in [0.5, 0.6) is 5.75 Å². The first-order valence-electron chi connectivity index (χ1n) is 11.5. The number of hydrogen-bond acceptors (Lipinski definition) is 6. The summed E-state index contributed by atoms with van der Waals surface area (Å²) < 4.78 is 6.91. The zero-order chi connectivity index (χ0) is 26.5. The molecule has 37 heavy (non-hydrogen) atoms. The molecular weight excluding hydrogens is 512 g/mol. The summed E-state index contributed by atoms with van der Waals surface area (Å²) in [6.45, 7) is 3.95. The van der Waals surface area contributed by atoms with Crippen LogP contribution in [0.2, 0.25) is 5.02 Å². The number of aromatic nitrogens is 2. The summed E-state index contributed by atoms with van der Waals surface area (Å²) in [6.07, 6.45) is 0.787. The Morgan fingerprint density at radius 1 is 1.11 bits per heavy atom. The van der Waals surface area contributed by atoms with E-state index in [1.807, 2.05) is 31.4 Å². The van der Waals surface area contributed by atoms with E-state index in [9.17, 15) is 19.5 Å². The number of carbonyl (C=O) groups excluding carboxylic acids is 1. The van der Waals surface area contributed by atoms with Crippen LogP contribution in [0.25, 0.3) is 27.5 Å². The summed E-state index contributed by atoms with van der Waals surface area (Å²) in [7, 11) is 1.36. The van der Waals surface area contributed by atoms with Crippen molar-refractivity contribution < 1.29 is 19.4 Å². The molecule has 4 aromatic rings. The maximum atomic E-state index is 14.1. The number of rotatable bonds is 5. The van der Waals surface area contributed by atoms with E-state index in [1.54, 1.807) is 30.3 Å². The van der Waals surface area contributed by atoms with Crippen molar-refractivity contribution in [3.63, 3.8) is 0 Å². The molecule has 1 aliphatic carbocycles. The largest absolute Gasteiger partial charge is 0.494 e. The summed E-state index contributed by atoms with van der Waals surface area (Å²) >= 11 is 7.31. The van der Waals surface area contributed by atoms with E-state index in [-0.39, 0.29) is 33.8 Å². The topological polar surface area (TPSA) is 98.5 Å². The lowest BCUT2D eigenvalue weighted by Crippen LogP contribution is -2.35. The third-order valence-electron chi connectivity index (χ3n) is 6.43. The number of pyridine rings is 1. The maximum Gasteiger partial charge on any atom is 0.339 e. The number of Topliss-reactive ketones (excluding diaryl/α,β-unsaturated/α-hetero) is 1. The molecule has 0 atom stereocenters. The molecular formula is C28H23ClN2O5S. The predicted molar refractivity (Wildman–Crippen MR) is 144 cm³/mol. The van der Waals surface area contributed by atoms with Gasteiger partial charge in [-0.1, -0.05) is 43.6 Å². The van der Waals surface area contributed by atoms with Crippen LogP contribution in [-0.2, 0) is 6.42 Å². The Bertz CT molecular complexity index is 1620. The Labute approximate surface area is 222 Å². The molecule has 1 N–H and O–H groups in total. The molecule has 0 aliphatic heterocycles. The molecule has 7 nitrogen and oxygen atoms in total. The molecule has 0 unspecified atom stereocenters. The molecule has 188 valence electrons. The first-order valence-corrected chi connectivity index (χ1v) is 12.8. The highest BCUT2D eigenvalue weighted by molar-refractivity contribution is 7.13. The Morgan fingerprint density at radius 3 is 2.51 bits per heavy atom. The van der Waals surface area contributed by atoms with Crippen LogP contribution in [0.1, 0.15) is 46.7 Å². The number of carboxylic acid groups (broad SMARTS) is 1.